The Hall–Kier alpha value is -2.64. The van der Waals surface area contributed by atoms with E-state index in [1.165, 1.54) is 18.6 Å². The zero-order chi connectivity index (χ0) is 22.1. The highest BCUT2D eigenvalue weighted by molar-refractivity contribution is 5.89. The van der Waals surface area contributed by atoms with Crippen LogP contribution in [0, 0.1) is 27.9 Å². The van der Waals surface area contributed by atoms with Gasteiger partial charge in [-0.2, -0.15) is 0 Å². The molecule has 3 aliphatic rings. The summed E-state index contributed by atoms with van der Waals surface area (Å²) >= 11 is 0. The molecule has 0 unspecified atom stereocenters. The molecule has 1 aromatic carbocycles. The van der Waals surface area contributed by atoms with Crippen molar-refractivity contribution in [2.45, 2.75) is 45.6 Å². The lowest BCUT2D eigenvalue weighted by atomic mass is 9.77. The molecule has 0 spiro atoms. The maximum absolute atomic E-state index is 13.1. The summed E-state index contributed by atoms with van der Waals surface area (Å²) in [6.07, 6.45) is 3.76. The van der Waals surface area contributed by atoms with Gasteiger partial charge in [0, 0.05) is 63.0 Å². The lowest BCUT2D eigenvalue weighted by molar-refractivity contribution is -0.384. The average molecular weight is 429 g/mol. The third kappa shape index (κ3) is 4.38. The number of nitro groups is 1. The van der Waals surface area contributed by atoms with Crippen molar-refractivity contribution in [1.82, 2.24) is 9.80 Å². The van der Waals surface area contributed by atoms with E-state index in [9.17, 15) is 19.7 Å². The molecule has 168 valence electrons. The predicted octanol–water partition coefficient (Wildman–Crippen LogP) is 2.92. The van der Waals surface area contributed by atoms with Gasteiger partial charge in [-0.1, -0.05) is 26.7 Å². The number of carbonyl (C=O) groups is 2. The van der Waals surface area contributed by atoms with Crippen molar-refractivity contribution in [3.8, 4) is 0 Å². The van der Waals surface area contributed by atoms with Gasteiger partial charge in [-0.25, -0.2) is 0 Å². The van der Waals surface area contributed by atoms with Gasteiger partial charge >= 0.3 is 0 Å². The Morgan fingerprint density at radius 1 is 1.06 bits per heavy atom. The first kappa shape index (κ1) is 21.6. The first-order chi connectivity index (χ1) is 14.8. The molecule has 8 nitrogen and oxygen atoms in total. The molecular formula is C23H32N4O4. The molecule has 4 rings (SSSR count). The Balaban J connectivity index is 1.32. The minimum absolute atomic E-state index is 0.0784. The molecule has 0 bridgehead atoms. The standard InChI is InChI=1S/C23H32N4O4/c1-16-4-3-5-21(17(16)2)26-15-18(14-22(26)28)23(29)25-12-10-24(11-13-25)19-6-8-20(9-7-19)27(30)31/h6-9,16-18,21H,3-5,10-15H2,1-2H3/t16-,17-,18-,21-/m1/s1. The van der Waals surface area contributed by atoms with Crippen LogP contribution < -0.4 is 4.90 Å². The zero-order valence-electron chi connectivity index (χ0n) is 18.4. The van der Waals surface area contributed by atoms with E-state index < -0.39 is 4.92 Å². The number of hydrogen-bond acceptors (Lipinski definition) is 5. The number of anilines is 1. The number of likely N-dealkylation sites (tertiary alicyclic amines) is 1. The molecule has 1 aliphatic carbocycles. The van der Waals surface area contributed by atoms with Gasteiger partial charge in [-0.05, 0) is 30.4 Å². The average Bonchev–Trinajstić information content (AvgIpc) is 3.16. The first-order valence-electron chi connectivity index (χ1n) is 11.4. The zero-order valence-corrected chi connectivity index (χ0v) is 18.4. The molecular weight excluding hydrogens is 396 g/mol. The highest BCUT2D eigenvalue weighted by Crippen LogP contribution is 2.36. The number of hydrogen-bond donors (Lipinski definition) is 0. The van der Waals surface area contributed by atoms with Gasteiger partial charge in [-0.15, -0.1) is 0 Å². The third-order valence-electron chi connectivity index (χ3n) is 7.59. The molecule has 0 radical (unpaired) electrons. The number of piperazine rings is 1. The van der Waals surface area contributed by atoms with E-state index in [1.807, 2.05) is 9.80 Å². The molecule has 3 fully saturated rings. The van der Waals surface area contributed by atoms with Gasteiger partial charge in [0.25, 0.3) is 5.69 Å². The summed E-state index contributed by atoms with van der Waals surface area (Å²) in [5.74, 6) is 1.10. The highest BCUT2D eigenvalue weighted by Gasteiger charge is 2.42. The molecule has 1 aromatic rings. The largest absolute Gasteiger partial charge is 0.368 e. The summed E-state index contributed by atoms with van der Waals surface area (Å²) < 4.78 is 0. The van der Waals surface area contributed by atoms with Crippen LogP contribution in [0.25, 0.3) is 0 Å². The Labute approximate surface area is 183 Å². The quantitative estimate of drug-likeness (QED) is 0.544. The number of carbonyl (C=O) groups excluding carboxylic acids is 2. The van der Waals surface area contributed by atoms with E-state index in [0.29, 0.717) is 51.0 Å². The van der Waals surface area contributed by atoms with Crippen LogP contribution in [-0.2, 0) is 9.59 Å². The van der Waals surface area contributed by atoms with Crippen LogP contribution in [0.1, 0.15) is 39.5 Å². The first-order valence-corrected chi connectivity index (χ1v) is 11.4. The second kappa shape index (κ2) is 8.85. The second-order valence-electron chi connectivity index (χ2n) is 9.37. The molecule has 0 aromatic heterocycles. The van der Waals surface area contributed by atoms with Crippen LogP contribution in [0.15, 0.2) is 24.3 Å². The van der Waals surface area contributed by atoms with Crippen molar-refractivity contribution in [3.05, 3.63) is 34.4 Å². The molecule has 31 heavy (non-hydrogen) atoms. The summed E-state index contributed by atoms with van der Waals surface area (Å²) in [6, 6.07) is 6.82. The lowest BCUT2D eigenvalue weighted by Gasteiger charge is -2.40. The Bertz CT molecular complexity index is 834. The Kier molecular flexibility index (Phi) is 6.16. The van der Waals surface area contributed by atoms with Gasteiger partial charge in [0.2, 0.25) is 11.8 Å². The van der Waals surface area contributed by atoms with Gasteiger partial charge in [0.05, 0.1) is 10.8 Å². The number of nitro benzene ring substituents is 1. The van der Waals surface area contributed by atoms with Crippen molar-refractivity contribution in [1.29, 1.82) is 0 Å². The smallest absolute Gasteiger partial charge is 0.269 e. The van der Waals surface area contributed by atoms with Crippen molar-refractivity contribution in [3.63, 3.8) is 0 Å². The van der Waals surface area contributed by atoms with E-state index in [0.717, 1.165) is 18.5 Å². The molecule has 2 saturated heterocycles. The van der Waals surface area contributed by atoms with Crippen LogP contribution in [0.3, 0.4) is 0 Å². The van der Waals surface area contributed by atoms with E-state index in [2.05, 4.69) is 18.7 Å². The fourth-order valence-corrected chi connectivity index (χ4v) is 5.44. The van der Waals surface area contributed by atoms with Gasteiger partial charge in [0.1, 0.15) is 0 Å². The van der Waals surface area contributed by atoms with E-state index >= 15 is 0 Å². The molecule has 8 heteroatoms. The van der Waals surface area contributed by atoms with Crippen LogP contribution in [0.5, 0.6) is 0 Å². The molecule has 0 N–H and O–H groups in total. The van der Waals surface area contributed by atoms with E-state index in [4.69, 9.17) is 0 Å². The van der Waals surface area contributed by atoms with Crippen LogP contribution >= 0.6 is 0 Å². The van der Waals surface area contributed by atoms with Crippen LogP contribution in [-0.4, -0.2) is 65.3 Å². The summed E-state index contributed by atoms with van der Waals surface area (Å²) in [4.78, 5) is 42.3. The van der Waals surface area contributed by atoms with Gasteiger partial charge in [-0.3, -0.25) is 19.7 Å². The molecule has 2 heterocycles. The van der Waals surface area contributed by atoms with Crippen molar-refractivity contribution >= 4 is 23.2 Å². The maximum atomic E-state index is 13.1. The summed E-state index contributed by atoms with van der Waals surface area (Å²) in [5, 5.41) is 10.8. The fraction of sp³-hybridized carbons (Fsp3) is 0.652. The number of non-ortho nitro benzene ring substituents is 1. The van der Waals surface area contributed by atoms with Crippen LogP contribution in [0.2, 0.25) is 0 Å². The van der Waals surface area contributed by atoms with Gasteiger partial charge in [0.15, 0.2) is 0 Å². The molecule has 2 amide bonds. The maximum Gasteiger partial charge on any atom is 0.269 e. The number of nitrogens with zero attached hydrogens (tertiary/aromatic N) is 4. The van der Waals surface area contributed by atoms with E-state index in [-0.39, 0.29) is 29.5 Å². The summed E-state index contributed by atoms with van der Waals surface area (Å²) in [6.45, 7) is 7.66. The summed E-state index contributed by atoms with van der Waals surface area (Å²) in [7, 11) is 0. The topological polar surface area (TPSA) is 87.0 Å². The number of rotatable bonds is 4. The SMILES string of the molecule is C[C@@H]1[C@H](C)CCC[C@H]1N1C[C@H](C(=O)N2CCN(c3ccc([N+](=O)[O-])cc3)CC2)CC1=O. The number of benzene rings is 1. The minimum Gasteiger partial charge on any atom is -0.368 e. The van der Waals surface area contributed by atoms with Crippen molar-refractivity contribution in [2.24, 2.45) is 17.8 Å². The van der Waals surface area contributed by atoms with E-state index in [1.54, 1.807) is 12.1 Å². The molecule has 1 saturated carbocycles. The monoisotopic (exact) mass is 428 g/mol. The Morgan fingerprint density at radius 2 is 1.74 bits per heavy atom. The third-order valence-corrected chi connectivity index (χ3v) is 7.59. The predicted molar refractivity (Wildman–Crippen MR) is 118 cm³/mol. The molecule has 4 atom stereocenters. The normalized spacial score (nSPS) is 29.4. The lowest BCUT2D eigenvalue weighted by Crippen LogP contribution is -2.51. The Morgan fingerprint density at radius 3 is 2.39 bits per heavy atom. The number of amides is 2. The van der Waals surface area contributed by atoms with Crippen LogP contribution in [0.4, 0.5) is 11.4 Å². The second-order valence-corrected chi connectivity index (χ2v) is 9.37. The van der Waals surface area contributed by atoms with Crippen molar-refractivity contribution < 1.29 is 14.5 Å². The van der Waals surface area contributed by atoms with Crippen molar-refractivity contribution in [2.75, 3.05) is 37.6 Å². The summed E-state index contributed by atoms with van der Waals surface area (Å²) in [5.41, 5.74) is 1.01. The highest BCUT2D eigenvalue weighted by atomic mass is 16.6. The van der Waals surface area contributed by atoms with Gasteiger partial charge < -0.3 is 14.7 Å². The molecule has 2 aliphatic heterocycles. The minimum atomic E-state index is -0.401. The fourth-order valence-electron chi connectivity index (χ4n) is 5.44.